The molecule has 3 aromatic heterocycles. The molecule has 1 aromatic carbocycles. The van der Waals surface area contributed by atoms with Gasteiger partial charge in [-0.05, 0) is 37.6 Å². The van der Waals surface area contributed by atoms with Gasteiger partial charge in [0.2, 0.25) is 11.9 Å². The molecule has 0 aliphatic rings. The summed E-state index contributed by atoms with van der Waals surface area (Å²) in [6.07, 6.45) is 0.248. The molecular weight excluding hydrogens is 346 g/mol. The predicted molar refractivity (Wildman–Crippen MR) is 98.2 cm³/mol. The van der Waals surface area contributed by atoms with Crippen molar-refractivity contribution in [2.24, 2.45) is 0 Å². The van der Waals surface area contributed by atoms with Gasteiger partial charge in [0.15, 0.2) is 11.6 Å². The highest BCUT2D eigenvalue weighted by Crippen LogP contribution is 2.23. The smallest absolute Gasteiger partial charge is 0.293 e. The number of furan rings is 1. The van der Waals surface area contributed by atoms with Crippen molar-refractivity contribution >= 4 is 17.6 Å². The fourth-order valence-electron chi connectivity index (χ4n) is 2.47. The highest BCUT2D eigenvalue weighted by molar-refractivity contribution is 5.53. The zero-order chi connectivity index (χ0) is 18.8. The minimum atomic E-state index is 0.111. The molecule has 0 saturated heterocycles. The van der Waals surface area contributed by atoms with E-state index in [1.807, 2.05) is 50.2 Å². The van der Waals surface area contributed by atoms with Gasteiger partial charge < -0.3 is 20.0 Å². The molecule has 0 saturated carbocycles. The molecule has 0 atom stereocenters. The number of aryl methyl sites for hydroxylation is 2. The van der Waals surface area contributed by atoms with Crippen LogP contribution in [0.15, 0.2) is 45.3 Å². The molecule has 0 fully saturated rings. The van der Waals surface area contributed by atoms with Crippen LogP contribution in [0.3, 0.4) is 0 Å². The van der Waals surface area contributed by atoms with E-state index >= 15 is 0 Å². The lowest BCUT2D eigenvalue weighted by atomic mass is 10.3. The number of nitrogens with zero attached hydrogens (tertiary/aromatic N) is 5. The van der Waals surface area contributed by atoms with Crippen LogP contribution in [0.1, 0.15) is 23.0 Å². The van der Waals surface area contributed by atoms with Crippen molar-refractivity contribution in [3.63, 3.8) is 0 Å². The Kier molecular flexibility index (Phi) is 4.25. The molecule has 0 aliphatic heterocycles. The molecule has 4 aromatic rings. The maximum atomic E-state index is 5.80. The summed E-state index contributed by atoms with van der Waals surface area (Å²) in [4.78, 5) is 16.9. The van der Waals surface area contributed by atoms with Gasteiger partial charge in [-0.1, -0.05) is 23.4 Å². The van der Waals surface area contributed by atoms with Gasteiger partial charge in [0.05, 0.1) is 6.42 Å². The molecule has 9 heteroatoms. The van der Waals surface area contributed by atoms with E-state index in [9.17, 15) is 0 Å². The first-order valence-corrected chi connectivity index (χ1v) is 8.29. The lowest BCUT2D eigenvalue weighted by Crippen LogP contribution is -2.08. The number of benzene rings is 1. The standard InChI is InChI=1S/C18H17N7O2/c1-10-8-13(26-11(10)2)16-21-15(25-27-16)9-14-22-17(19)24-18(23-14)20-12-6-4-3-5-7-12/h3-8H,9H2,1-2H3,(H3,19,20,22,23,24). The number of para-hydroxylation sites is 1. The fraction of sp³-hybridized carbons (Fsp3) is 0.167. The van der Waals surface area contributed by atoms with E-state index in [2.05, 4.69) is 30.4 Å². The Hall–Kier alpha value is -3.75. The largest absolute Gasteiger partial charge is 0.456 e. The van der Waals surface area contributed by atoms with E-state index in [1.54, 1.807) is 0 Å². The number of nitrogens with one attached hydrogen (secondary N) is 1. The molecular formula is C18H17N7O2. The first-order chi connectivity index (χ1) is 13.1. The second-order valence-corrected chi connectivity index (χ2v) is 5.97. The van der Waals surface area contributed by atoms with Crippen LogP contribution in [0, 0.1) is 13.8 Å². The van der Waals surface area contributed by atoms with Crippen molar-refractivity contribution in [1.29, 1.82) is 0 Å². The SMILES string of the molecule is Cc1cc(-c2nc(Cc3nc(N)nc(Nc4ccccc4)n3)no2)oc1C. The Morgan fingerprint density at radius 1 is 1.00 bits per heavy atom. The van der Waals surface area contributed by atoms with Crippen LogP contribution in [-0.4, -0.2) is 25.1 Å². The van der Waals surface area contributed by atoms with Gasteiger partial charge in [0.1, 0.15) is 11.6 Å². The molecule has 9 nitrogen and oxygen atoms in total. The normalized spacial score (nSPS) is 10.9. The van der Waals surface area contributed by atoms with E-state index in [-0.39, 0.29) is 12.4 Å². The lowest BCUT2D eigenvalue weighted by molar-refractivity contribution is 0.407. The number of nitrogen functional groups attached to an aromatic ring is 1. The van der Waals surface area contributed by atoms with Gasteiger partial charge in [0.25, 0.3) is 5.89 Å². The number of aromatic nitrogens is 5. The van der Waals surface area contributed by atoms with Gasteiger partial charge in [-0.2, -0.15) is 19.9 Å². The van der Waals surface area contributed by atoms with E-state index in [4.69, 9.17) is 14.7 Å². The number of anilines is 3. The first kappa shape index (κ1) is 16.7. The average Bonchev–Trinajstić information content (AvgIpc) is 3.22. The summed E-state index contributed by atoms with van der Waals surface area (Å²) in [6, 6.07) is 11.4. The Labute approximate surface area is 154 Å². The summed E-state index contributed by atoms with van der Waals surface area (Å²) in [7, 11) is 0. The van der Waals surface area contributed by atoms with Crippen LogP contribution in [0.5, 0.6) is 0 Å². The number of hydrogen-bond donors (Lipinski definition) is 2. The molecule has 0 aliphatic carbocycles. The highest BCUT2D eigenvalue weighted by Gasteiger charge is 2.16. The molecule has 0 radical (unpaired) electrons. The Bertz CT molecular complexity index is 1050. The van der Waals surface area contributed by atoms with Crippen LogP contribution in [0.4, 0.5) is 17.6 Å². The van der Waals surface area contributed by atoms with Gasteiger partial charge in [-0.15, -0.1) is 0 Å². The maximum absolute atomic E-state index is 5.80. The predicted octanol–water partition coefficient (Wildman–Crippen LogP) is 3.05. The summed E-state index contributed by atoms with van der Waals surface area (Å²) >= 11 is 0. The van der Waals surface area contributed by atoms with Crippen molar-refractivity contribution < 1.29 is 8.94 Å². The Morgan fingerprint density at radius 3 is 2.56 bits per heavy atom. The second-order valence-electron chi connectivity index (χ2n) is 5.97. The molecule has 0 spiro atoms. The Balaban J connectivity index is 1.54. The van der Waals surface area contributed by atoms with Crippen LogP contribution >= 0.6 is 0 Å². The molecule has 27 heavy (non-hydrogen) atoms. The van der Waals surface area contributed by atoms with Gasteiger partial charge >= 0.3 is 0 Å². The summed E-state index contributed by atoms with van der Waals surface area (Å²) in [5.41, 5.74) is 7.67. The quantitative estimate of drug-likeness (QED) is 0.549. The molecule has 3 heterocycles. The van der Waals surface area contributed by atoms with Crippen LogP contribution < -0.4 is 11.1 Å². The van der Waals surface area contributed by atoms with Crippen molar-refractivity contribution in [3.8, 4) is 11.7 Å². The zero-order valence-electron chi connectivity index (χ0n) is 14.8. The van der Waals surface area contributed by atoms with Crippen molar-refractivity contribution in [3.05, 3.63) is 59.4 Å². The van der Waals surface area contributed by atoms with Crippen LogP contribution in [-0.2, 0) is 6.42 Å². The minimum Gasteiger partial charge on any atom is -0.456 e. The number of nitrogens with two attached hydrogens (primary N) is 1. The summed E-state index contributed by atoms with van der Waals surface area (Å²) in [6.45, 7) is 3.83. The number of hydrogen-bond acceptors (Lipinski definition) is 9. The number of rotatable bonds is 5. The lowest BCUT2D eigenvalue weighted by Gasteiger charge is -2.06. The third kappa shape index (κ3) is 3.76. The maximum Gasteiger partial charge on any atom is 0.293 e. The van der Waals surface area contributed by atoms with Crippen LogP contribution in [0.2, 0.25) is 0 Å². The van der Waals surface area contributed by atoms with Gasteiger partial charge in [-0.25, -0.2) is 0 Å². The van der Waals surface area contributed by atoms with E-state index in [0.29, 0.717) is 29.2 Å². The van der Waals surface area contributed by atoms with E-state index in [0.717, 1.165) is 17.0 Å². The molecule has 0 bridgehead atoms. The molecule has 4 rings (SSSR count). The first-order valence-electron chi connectivity index (χ1n) is 8.29. The average molecular weight is 363 g/mol. The molecule has 0 unspecified atom stereocenters. The van der Waals surface area contributed by atoms with E-state index in [1.165, 1.54) is 0 Å². The van der Waals surface area contributed by atoms with Gasteiger partial charge in [0, 0.05) is 5.69 Å². The topological polar surface area (TPSA) is 129 Å². The molecule has 0 amide bonds. The third-order valence-corrected chi connectivity index (χ3v) is 3.89. The third-order valence-electron chi connectivity index (χ3n) is 3.89. The van der Waals surface area contributed by atoms with Gasteiger partial charge in [-0.3, -0.25) is 0 Å². The summed E-state index contributed by atoms with van der Waals surface area (Å²) in [5.74, 6) is 2.97. The highest BCUT2D eigenvalue weighted by atomic mass is 16.5. The Morgan fingerprint density at radius 2 is 1.81 bits per heavy atom. The monoisotopic (exact) mass is 363 g/mol. The van der Waals surface area contributed by atoms with Crippen LogP contribution in [0.25, 0.3) is 11.7 Å². The molecule has 136 valence electrons. The van der Waals surface area contributed by atoms with E-state index < -0.39 is 0 Å². The fourth-order valence-corrected chi connectivity index (χ4v) is 2.47. The van der Waals surface area contributed by atoms with Crippen molar-refractivity contribution in [2.75, 3.05) is 11.1 Å². The summed E-state index contributed by atoms with van der Waals surface area (Å²) in [5, 5.41) is 7.05. The second kappa shape index (κ2) is 6.87. The summed E-state index contributed by atoms with van der Waals surface area (Å²) < 4.78 is 10.9. The van der Waals surface area contributed by atoms with Crippen molar-refractivity contribution in [1.82, 2.24) is 25.1 Å². The molecule has 3 N–H and O–H groups in total. The minimum absolute atomic E-state index is 0.111. The van der Waals surface area contributed by atoms with Crippen molar-refractivity contribution in [2.45, 2.75) is 20.3 Å². The zero-order valence-corrected chi connectivity index (χ0v) is 14.8.